The van der Waals surface area contributed by atoms with Gasteiger partial charge in [-0.1, -0.05) is 33.3 Å². The molecule has 192 valence electrons. The van der Waals surface area contributed by atoms with Gasteiger partial charge in [0.1, 0.15) is 5.75 Å². The number of methoxy groups -OCH3 is 3. The Hall–Kier alpha value is -3.70. The van der Waals surface area contributed by atoms with Crippen LogP contribution in [0.4, 0.5) is 0 Å². The Balaban J connectivity index is 1.98. The molecule has 9 nitrogen and oxygen atoms in total. The van der Waals surface area contributed by atoms with Crippen LogP contribution in [0, 0.1) is 0 Å². The second kappa shape index (κ2) is 10.7. The van der Waals surface area contributed by atoms with Crippen molar-refractivity contribution in [1.82, 2.24) is 4.57 Å². The summed E-state index contributed by atoms with van der Waals surface area (Å²) in [6.45, 7) is 3.00. The van der Waals surface area contributed by atoms with Gasteiger partial charge in [-0.2, -0.15) is 0 Å². The zero-order chi connectivity index (χ0) is 26.9. The number of hydrogen-bond acceptors (Lipinski definition) is 9. The zero-order valence-corrected chi connectivity index (χ0v) is 23.1. The van der Waals surface area contributed by atoms with Crippen molar-refractivity contribution in [3.63, 3.8) is 0 Å². The fraction of sp³-hybridized carbons (Fsp3) is 0.231. The summed E-state index contributed by atoms with van der Waals surface area (Å²) in [7, 11) is 4.31. The van der Waals surface area contributed by atoms with Crippen molar-refractivity contribution in [2.24, 2.45) is 4.99 Å². The van der Waals surface area contributed by atoms with Crippen molar-refractivity contribution in [3.8, 4) is 17.2 Å². The highest BCUT2D eigenvalue weighted by Gasteiger charge is 2.33. The van der Waals surface area contributed by atoms with Crippen LogP contribution in [0.15, 0.2) is 61.9 Å². The van der Waals surface area contributed by atoms with Gasteiger partial charge in [0.25, 0.3) is 5.56 Å². The second-order valence-electron chi connectivity index (χ2n) is 7.96. The molecule has 0 fully saturated rings. The highest BCUT2D eigenvalue weighted by Crippen LogP contribution is 2.36. The molecule has 0 spiro atoms. The third-order valence-corrected chi connectivity index (χ3v) is 7.14. The summed E-state index contributed by atoms with van der Waals surface area (Å²) in [5, 5.41) is 0. The minimum atomic E-state index is -0.818. The summed E-state index contributed by atoms with van der Waals surface area (Å²) in [6.07, 6.45) is 1.63. The average molecular weight is 587 g/mol. The van der Waals surface area contributed by atoms with Crippen LogP contribution in [0.25, 0.3) is 6.08 Å². The largest absolute Gasteiger partial charge is 0.493 e. The maximum Gasteiger partial charge on any atom is 0.338 e. The molecule has 0 N–H and O–H groups in total. The summed E-state index contributed by atoms with van der Waals surface area (Å²) in [5.74, 6) is 0.182. The van der Waals surface area contributed by atoms with Crippen molar-refractivity contribution < 1.29 is 28.5 Å². The van der Waals surface area contributed by atoms with Gasteiger partial charge in [-0.15, -0.1) is 0 Å². The predicted octanol–water partition coefficient (Wildman–Crippen LogP) is 3.11. The first-order valence-corrected chi connectivity index (χ1v) is 12.6. The van der Waals surface area contributed by atoms with Crippen LogP contribution in [0.3, 0.4) is 0 Å². The number of nitrogens with zero attached hydrogens (tertiary/aromatic N) is 2. The molecule has 2 heterocycles. The average Bonchev–Trinajstić information content (AvgIpc) is 3.17. The summed E-state index contributed by atoms with van der Waals surface area (Å²) < 4.78 is 23.7. The van der Waals surface area contributed by atoms with Crippen molar-refractivity contribution in [2.45, 2.75) is 19.9 Å². The second-order valence-corrected chi connectivity index (χ2v) is 9.89. The number of thiazole rings is 1. The maximum absolute atomic E-state index is 13.8. The molecule has 1 aromatic heterocycles. The van der Waals surface area contributed by atoms with Crippen LogP contribution in [0.1, 0.15) is 31.0 Å². The molecule has 1 aliphatic heterocycles. The van der Waals surface area contributed by atoms with E-state index in [0.29, 0.717) is 43.4 Å². The topological polar surface area (TPSA) is 105 Å². The smallest absolute Gasteiger partial charge is 0.338 e. The van der Waals surface area contributed by atoms with Gasteiger partial charge in [-0.25, -0.2) is 9.79 Å². The highest BCUT2D eigenvalue weighted by molar-refractivity contribution is 9.10. The first-order valence-electron chi connectivity index (χ1n) is 11.0. The lowest BCUT2D eigenvalue weighted by atomic mass is 9.95. The molecule has 11 heteroatoms. The molecule has 0 bridgehead atoms. The van der Waals surface area contributed by atoms with Gasteiger partial charge in [0.2, 0.25) is 0 Å². The van der Waals surface area contributed by atoms with Crippen molar-refractivity contribution in [2.75, 3.05) is 21.3 Å². The quantitative estimate of drug-likeness (QED) is 0.323. The Labute approximate surface area is 224 Å². The Morgan fingerprint density at radius 3 is 2.41 bits per heavy atom. The molecule has 3 aromatic rings. The molecular weight excluding hydrogens is 564 g/mol. The fourth-order valence-electron chi connectivity index (χ4n) is 4.05. The molecule has 1 aliphatic rings. The molecule has 4 rings (SSSR count). The van der Waals surface area contributed by atoms with Gasteiger partial charge in [0.05, 0.1) is 43.2 Å². The van der Waals surface area contributed by atoms with Crippen LogP contribution in [0.5, 0.6) is 17.2 Å². The molecule has 1 unspecified atom stereocenters. The van der Waals surface area contributed by atoms with Crippen LogP contribution in [-0.2, 0) is 14.3 Å². The van der Waals surface area contributed by atoms with Gasteiger partial charge in [-0.3, -0.25) is 14.2 Å². The number of aromatic nitrogens is 1. The Morgan fingerprint density at radius 1 is 1.05 bits per heavy atom. The standard InChI is InChI=1S/C26H23BrN2O7S/c1-13-22(25(32)35-5)23(15-6-8-19(33-3)20(11-15)34-4)29-24(31)21(37-26(29)28-13)12-16-10-17(27)7-9-18(16)36-14(2)30/h6-12,23H,1-5H3. The van der Waals surface area contributed by atoms with E-state index in [1.807, 2.05) is 0 Å². The lowest BCUT2D eigenvalue weighted by molar-refractivity contribution is -0.136. The highest BCUT2D eigenvalue weighted by atomic mass is 79.9. The normalized spacial score (nSPS) is 15.1. The number of carbonyl (C=O) groups excluding carboxylic acids is 2. The van der Waals surface area contributed by atoms with Crippen molar-refractivity contribution in [3.05, 3.63) is 83.0 Å². The van der Waals surface area contributed by atoms with Crippen LogP contribution in [0.2, 0.25) is 0 Å². The van der Waals surface area contributed by atoms with E-state index in [1.54, 1.807) is 49.4 Å². The van der Waals surface area contributed by atoms with E-state index in [-0.39, 0.29) is 11.1 Å². The number of fused-ring (bicyclic) bond motifs is 1. The van der Waals surface area contributed by atoms with E-state index in [9.17, 15) is 14.4 Å². The molecule has 0 amide bonds. The van der Waals surface area contributed by atoms with E-state index in [2.05, 4.69) is 20.9 Å². The molecule has 2 aromatic carbocycles. The summed E-state index contributed by atoms with van der Waals surface area (Å²) in [6, 6.07) is 9.49. The minimum absolute atomic E-state index is 0.233. The summed E-state index contributed by atoms with van der Waals surface area (Å²) >= 11 is 4.58. The zero-order valence-electron chi connectivity index (χ0n) is 20.7. The first-order chi connectivity index (χ1) is 17.7. The van der Waals surface area contributed by atoms with Crippen molar-refractivity contribution in [1.29, 1.82) is 0 Å². The maximum atomic E-state index is 13.8. The van der Waals surface area contributed by atoms with Gasteiger partial charge < -0.3 is 18.9 Å². The molecule has 37 heavy (non-hydrogen) atoms. The first kappa shape index (κ1) is 26.4. The number of halogens is 1. The summed E-state index contributed by atoms with van der Waals surface area (Å²) in [5.41, 5.74) is 1.44. The predicted molar refractivity (Wildman–Crippen MR) is 141 cm³/mol. The van der Waals surface area contributed by atoms with E-state index in [4.69, 9.17) is 18.9 Å². The molecular formula is C26H23BrN2O7S. The number of ether oxygens (including phenoxy) is 4. The van der Waals surface area contributed by atoms with Crippen molar-refractivity contribution >= 4 is 45.3 Å². The number of allylic oxidation sites excluding steroid dienone is 1. The van der Waals surface area contributed by atoms with E-state index in [0.717, 1.165) is 15.8 Å². The fourth-order valence-corrected chi connectivity index (χ4v) is 5.47. The van der Waals surface area contributed by atoms with Crippen LogP contribution in [-0.4, -0.2) is 37.8 Å². The number of carbonyl (C=O) groups is 2. The molecule has 0 aliphatic carbocycles. The Kier molecular flexibility index (Phi) is 7.65. The summed E-state index contributed by atoms with van der Waals surface area (Å²) in [4.78, 5) is 43.2. The van der Waals surface area contributed by atoms with E-state index >= 15 is 0 Å². The lowest BCUT2D eigenvalue weighted by Gasteiger charge is -2.25. The monoisotopic (exact) mass is 586 g/mol. The SMILES string of the molecule is COC(=O)C1=C(C)N=c2sc(=Cc3cc(Br)ccc3OC(C)=O)c(=O)n2C1c1ccc(OC)c(OC)c1. The molecule has 0 radical (unpaired) electrons. The molecule has 1 atom stereocenters. The van der Waals surface area contributed by atoms with Gasteiger partial charge in [0.15, 0.2) is 16.3 Å². The Bertz CT molecular complexity index is 1620. The van der Waals surface area contributed by atoms with E-state index in [1.165, 1.54) is 32.8 Å². The van der Waals surface area contributed by atoms with Gasteiger partial charge >= 0.3 is 11.9 Å². The number of esters is 2. The van der Waals surface area contributed by atoms with E-state index < -0.39 is 18.0 Å². The number of hydrogen-bond donors (Lipinski definition) is 0. The third-order valence-electron chi connectivity index (χ3n) is 5.66. The van der Waals surface area contributed by atoms with Gasteiger partial charge in [0, 0.05) is 17.0 Å². The number of benzene rings is 2. The van der Waals surface area contributed by atoms with Gasteiger partial charge in [-0.05, 0) is 48.9 Å². The lowest BCUT2D eigenvalue weighted by Crippen LogP contribution is -2.39. The Morgan fingerprint density at radius 2 is 1.76 bits per heavy atom. The number of rotatable bonds is 6. The van der Waals surface area contributed by atoms with Crippen LogP contribution < -0.4 is 29.1 Å². The molecule has 0 saturated carbocycles. The third kappa shape index (κ3) is 5.09. The molecule has 0 saturated heterocycles. The van der Waals surface area contributed by atoms with Crippen LogP contribution >= 0.6 is 27.3 Å². The minimum Gasteiger partial charge on any atom is -0.493 e.